The minimum Gasteiger partial charge on any atom is -0.292 e. The van der Waals surface area contributed by atoms with Crippen molar-refractivity contribution in [2.75, 3.05) is 0 Å². The second kappa shape index (κ2) is 2.89. The zero-order valence-corrected chi connectivity index (χ0v) is 4.69. The minimum absolute atomic E-state index is 0.864. The monoisotopic (exact) mass is 128 g/mol. The molecule has 0 unspecified atom stereocenters. The maximum atomic E-state index is 7.60. The SMILES string of the molecule is ON=[S-](=S)S. The minimum atomic E-state index is -0.864. The van der Waals surface area contributed by atoms with E-state index in [1.54, 1.807) is 0 Å². The average molecular weight is 128 g/mol. The van der Waals surface area contributed by atoms with Crippen molar-refractivity contribution in [1.29, 1.82) is 0 Å². The molecule has 5 heavy (non-hydrogen) atoms. The van der Waals surface area contributed by atoms with Gasteiger partial charge in [0.15, 0.2) is 0 Å². The van der Waals surface area contributed by atoms with Crippen LogP contribution in [0.1, 0.15) is 0 Å². The molecule has 0 aromatic heterocycles. The summed E-state index contributed by atoms with van der Waals surface area (Å²) in [5.41, 5.74) is 0. The topological polar surface area (TPSA) is 32.6 Å². The van der Waals surface area contributed by atoms with Crippen molar-refractivity contribution in [2.24, 2.45) is 4.53 Å². The van der Waals surface area contributed by atoms with E-state index in [2.05, 4.69) is 27.4 Å². The Kier molecular flexibility index (Phi) is 3.29. The molecule has 0 aromatic rings. The lowest BCUT2D eigenvalue weighted by Crippen LogP contribution is -1.46. The lowest BCUT2D eigenvalue weighted by molar-refractivity contribution is 0.330. The summed E-state index contributed by atoms with van der Waals surface area (Å²) in [6.45, 7) is 0. The largest absolute Gasteiger partial charge is 0.292 e. The van der Waals surface area contributed by atoms with Crippen molar-refractivity contribution in [2.45, 2.75) is 0 Å². The molecule has 0 heterocycles. The van der Waals surface area contributed by atoms with Crippen LogP contribution in [0.4, 0.5) is 0 Å². The van der Waals surface area contributed by atoms with Crippen molar-refractivity contribution in [3.05, 3.63) is 0 Å². The first-order chi connectivity index (χ1) is 2.27. The van der Waals surface area contributed by atoms with Crippen molar-refractivity contribution >= 4 is 31.1 Å². The van der Waals surface area contributed by atoms with E-state index in [9.17, 15) is 0 Å². The zero-order valence-electron chi connectivity index (χ0n) is 2.16. The van der Waals surface area contributed by atoms with Crippen LogP contribution in [0.25, 0.3) is 0 Å². The quantitative estimate of drug-likeness (QED) is 0.215. The molecule has 0 rings (SSSR count). The highest BCUT2D eigenvalue weighted by molar-refractivity contribution is 8.71. The first kappa shape index (κ1) is 5.68. The third-order valence-corrected chi connectivity index (χ3v) is 0.629. The Bertz CT molecular complexity index is 78.9. The van der Waals surface area contributed by atoms with Gasteiger partial charge in [-0.3, -0.25) is 21.4 Å². The van der Waals surface area contributed by atoms with Gasteiger partial charge in [-0.2, -0.15) is 0 Å². The van der Waals surface area contributed by atoms with Gasteiger partial charge < -0.3 is 0 Å². The summed E-state index contributed by atoms with van der Waals surface area (Å²) in [5, 5.41) is 7.60. The normalized spacial score (nSPS) is 15.6. The fourth-order valence-corrected chi connectivity index (χ4v) is 0. The third-order valence-electron chi connectivity index (χ3n) is 0.0698. The number of nitrogens with zero attached hydrogens (tertiary/aromatic N) is 1. The van der Waals surface area contributed by atoms with Crippen molar-refractivity contribution in [3.63, 3.8) is 0 Å². The molecule has 0 radical (unpaired) electrons. The van der Waals surface area contributed by atoms with Crippen molar-refractivity contribution in [3.8, 4) is 0 Å². The third kappa shape index (κ3) is 4.68. The highest BCUT2D eigenvalue weighted by atomic mass is 33.3. The molecular weight excluding hydrogens is 126 g/mol. The fourth-order valence-electron chi connectivity index (χ4n) is 0. The van der Waals surface area contributed by atoms with Gasteiger partial charge in [-0.05, 0) is 0 Å². The van der Waals surface area contributed by atoms with E-state index >= 15 is 0 Å². The predicted octanol–water partition coefficient (Wildman–Crippen LogP) is 0.484. The van der Waals surface area contributed by atoms with Gasteiger partial charge in [0, 0.05) is 0 Å². The van der Waals surface area contributed by atoms with Gasteiger partial charge in [0.25, 0.3) is 0 Å². The smallest absolute Gasteiger partial charge is 0.240 e. The van der Waals surface area contributed by atoms with Crippen molar-refractivity contribution in [1.82, 2.24) is 0 Å². The molecule has 32 valence electrons. The van der Waals surface area contributed by atoms with Gasteiger partial charge in [-0.25, -0.2) is 19.5 Å². The van der Waals surface area contributed by atoms with Gasteiger partial charge >= 0.3 is 0 Å². The Labute approximate surface area is 41.3 Å². The van der Waals surface area contributed by atoms with Crippen LogP contribution in [-0.2, 0) is 19.5 Å². The van der Waals surface area contributed by atoms with Gasteiger partial charge in [0.1, 0.15) is 0 Å². The summed E-state index contributed by atoms with van der Waals surface area (Å²) in [6.07, 6.45) is 0. The molecule has 5 heteroatoms. The Morgan fingerprint density at radius 2 is 2.20 bits per heavy atom. The zero-order chi connectivity index (χ0) is 4.28. The van der Waals surface area contributed by atoms with Crippen molar-refractivity contribution < 1.29 is 5.21 Å². The summed E-state index contributed by atoms with van der Waals surface area (Å²) >= 11 is 7.78. The molecule has 0 saturated carbocycles. The Morgan fingerprint density at radius 1 is 2.00 bits per heavy atom. The summed E-state index contributed by atoms with van der Waals surface area (Å²) in [6, 6.07) is 0. The average Bonchev–Trinajstić information content (AvgIpc) is 1.38. The Balaban J connectivity index is 3.62. The number of rotatable bonds is 0. The molecule has 0 saturated heterocycles. The molecule has 0 atom stereocenters. The molecular formula is H2NOS3-. The van der Waals surface area contributed by atoms with Gasteiger partial charge in [-0.1, -0.05) is 0 Å². The molecule has 0 aromatic carbocycles. The molecule has 1 N–H and O–H groups in total. The van der Waals surface area contributed by atoms with Crippen LogP contribution in [-0.4, -0.2) is 5.21 Å². The summed E-state index contributed by atoms with van der Waals surface area (Å²) in [7, 11) is -0.864. The lowest BCUT2D eigenvalue weighted by Gasteiger charge is -1.80. The lowest BCUT2D eigenvalue weighted by atomic mass is 13.6. The predicted molar refractivity (Wildman–Crippen MR) is 27.9 cm³/mol. The second-order valence-corrected chi connectivity index (χ2v) is 3.66. The maximum Gasteiger partial charge on any atom is -0.240 e. The standard InChI is InChI=1S/H2NOS3/c2-1-5(3)4/h2H,(H,1,3,4)/q-1. The first-order valence-corrected chi connectivity index (χ1v) is 3.89. The van der Waals surface area contributed by atoms with Crippen LogP contribution in [0.5, 0.6) is 0 Å². The van der Waals surface area contributed by atoms with Gasteiger partial charge in [0.2, 0.25) is 0 Å². The Hall–Kier alpha value is 0.680. The molecule has 0 aliphatic heterocycles. The van der Waals surface area contributed by atoms with Crippen LogP contribution < -0.4 is 0 Å². The first-order valence-electron chi connectivity index (χ1n) is 0.732. The second-order valence-electron chi connectivity index (χ2n) is 0.312. The summed E-state index contributed by atoms with van der Waals surface area (Å²) < 4.78 is 2.60. The van der Waals surface area contributed by atoms with E-state index < -0.39 is 8.28 Å². The van der Waals surface area contributed by atoms with Gasteiger partial charge in [-0.15, -0.1) is 0 Å². The Morgan fingerprint density at radius 3 is 2.20 bits per heavy atom. The summed E-state index contributed by atoms with van der Waals surface area (Å²) in [5.74, 6) is 0. The molecule has 0 fully saturated rings. The number of thiol groups is 1. The maximum absolute atomic E-state index is 7.60. The van der Waals surface area contributed by atoms with E-state index in [-0.39, 0.29) is 0 Å². The summed E-state index contributed by atoms with van der Waals surface area (Å²) in [4.78, 5) is 0. The number of hydrogen-bond donors (Lipinski definition) is 2. The fraction of sp³-hybridized carbons (Fsp3) is 0. The molecule has 2 nitrogen and oxygen atoms in total. The highest BCUT2D eigenvalue weighted by Gasteiger charge is 1.28. The molecule has 0 aliphatic rings. The van der Waals surface area contributed by atoms with Crippen LogP contribution in [0, 0.1) is 0 Å². The van der Waals surface area contributed by atoms with Gasteiger partial charge in [0.05, 0.1) is 0 Å². The molecule has 0 aliphatic carbocycles. The molecule has 0 bridgehead atoms. The van der Waals surface area contributed by atoms with E-state index in [1.807, 2.05) is 0 Å². The van der Waals surface area contributed by atoms with E-state index in [0.717, 1.165) is 0 Å². The van der Waals surface area contributed by atoms with Crippen LogP contribution in [0.15, 0.2) is 4.53 Å². The van der Waals surface area contributed by atoms with Crippen LogP contribution in [0.2, 0.25) is 0 Å². The number of hydrogen-bond acceptors (Lipinski definition) is 3. The van der Waals surface area contributed by atoms with E-state index in [4.69, 9.17) is 5.21 Å². The van der Waals surface area contributed by atoms with E-state index in [0.29, 0.717) is 0 Å². The van der Waals surface area contributed by atoms with Crippen LogP contribution in [0.3, 0.4) is 0 Å². The highest BCUT2D eigenvalue weighted by Crippen LogP contribution is 1.71. The molecule has 0 spiro atoms. The van der Waals surface area contributed by atoms with E-state index in [1.165, 1.54) is 0 Å². The molecule has 0 amide bonds. The van der Waals surface area contributed by atoms with Crippen LogP contribution >= 0.6 is 11.7 Å².